The third-order valence-corrected chi connectivity index (χ3v) is 25.4. The van der Waals surface area contributed by atoms with Crippen LogP contribution in [0.1, 0.15) is 0 Å². The number of aromatic nitrogens is 13. The van der Waals surface area contributed by atoms with Crippen molar-refractivity contribution in [2.75, 3.05) is 0 Å². The smallest absolute Gasteiger partial charge is 0.165 e. The lowest BCUT2D eigenvalue weighted by atomic mass is 9.98. The Morgan fingerprint density at radius 3 is 0.611 bits per heavy atom. The van der Waals surface area contributed by atoms with Crippen molar-refractivity contribution in [3.63, 3.8) is 0 Å². The Labute approximate surface area is 752 Å². The zero-order valence-electron chi connectivity index (χ0n) is 70.6. The summed E-state index contributed by atoms with van der Waals surface area (Å²) in [6.45, 7) is 0. The number of nitrogens with zero attached hydrogens (tertiary/aromatic N) is 13. The van der Waals surface area contributed by atoms with Crippen molar-refractivity contribution in [1.82, 2.24) is 62.7 Å². The normalized spacial score (nSPS) is 11.7. The van der Waals surface area contributed by atoms with Crippen LogP contribution in [0.25, 0.3) is 239 Å². The number of para-hydroxylation sites is 7. The fourth-order valence-electron chi connectivity index (χ4n) is 19.4. The summed E-state index contributed by atoms with van der Waals surface area (Å²) < 4.78 is 11.8. The molecule has 9 aromatic heterocycles. The van der Waals surface area contributed by atoms with Crippen molar-refractivity contribution in [2.45, 2.75) is 0 Å². The molecule has 26 aromatic rings. The van der Waals surface area contributed by atoms with Crippen molar-refractivity contribution in [3.8, 4) is 130 Å². The molecule has 0 unspecified atom stereocenters. The molecule has 13 heteroatoms. The highest BCUT2D eigenvalue weighted by Gasteiger charge is 2.24. The molecule has 0 saturated heterocycles. The maximum absolute atomic E-state index is 5.10. The number of fused-ring (bicyclic) bond motifs is 15. The summed E-state index contributed by atoms with van der Waals surface area (Å²) in [6.07, 6.45) is 7.11. The summed E-state index contributed by atoms with van der Waals surface area (Å²) in [5.74, 6) is 3.56. The van der Waals surface area contributed by atoms with Gasteiger partial charge in [-0.2, -0.15) is 0 Å². The maximum atomic E-state index is 5.10. The predicted octanol–water partition coefficient (Wildman–Crippen LogP) is 29.0. The van der Waals surface area contributed by atoms with Crippen molar-refractivity contribution >= 4 is 109 Å². The minimum absolute atomic E-state index is 0.569. The van der Waals surface area contributed by atoms with E-state index in [-0.39, 0.29) is 0 Å². The van der Waals surface area contributed by atoms with Crippen LogP contribution in [0, 0.1) is 0 Å². The highest BCUT2D eigenvalue weighted by molar-refractivity contribution is 6.17. The molecule has 17 aromatic carbocycles. The molecule has 0 N–H and O–H groups in total. The molecule has 0 fully saturated rings. The average molecular weight is 1670 g/mol. The van der Waals surface area contributed by atoms with Crippen molar-refractivity contribution in [1.29, 1.82) is 0 Å². The first kappa shape index (κ1) is 75.6. The van der Waals surface area contributed by atoms with Gasteiger partial charge in [0, 0.05) is 140 Å². The Morgan fingerprint density at radius 2 is 0.336 bits per heavy atom. The van der Waals surface area contributed by atoms with Crippen molar-refractivity contribution in [3.05, 3.63) is 455 Å². The Hall–Kier alpha value is -17.9. The van der Waals surface area contributed by atoms with Gasteiger partial charge >= 0.3 is 0 Å². The molecule has 0 bridgehead atoms. The van der Waals surface area contributed by atoms with Crippen LogP contribution in [0.15, 0.2) is 455 Å². The highest BCUT2D eigenvalue weighted by atomic mass is 15.1. The number of hydrogen-bond acceptors (Lipinski definition) is 8. The van der Waals surface area contributed by atoms with Crippen LogP contribution in [0.5, 0.6) is 0 Å². The van der Waals surface area contributed by atoms with Crippen LogP contribution in [-0.4, -0.2) is 62.7 Å². The van der Waals surface area contributed by atoms with Gasteiger partial charge in [-0.25, -0.2) is 29.9 Å². The van der Waals surface area contributed by atoms with Crippen LogP contribution >= 0.6 is 0 Å². The summed E-state index contributed by atoms with van der Waals surface area (Å²) in [5, 5.41) is 12.1. The number of pyridine rings is 2. The Morgan fingerprint density at radius 1 is 0.130 bits per heavy atom. The first-order valence-electron chi connectivity index (χ1n) is 44.0. The second-order valence-corrected chi connectivity index (χ2v) is 33.1. The van der Waals surface area contributed by atoms with Crippen LogP contribution in [0.4, 0.5) is 0 Å². The van der Waals surface area contributed by atoms with Gasteiger partial charge in [0.05, 0.1) is 55.2 Å². The zero-order chi connectivity index (χ0) is 86.4. The van der Waals surface area contributed by atoms with E-state index >= 15 is 0 Å². The average Bonchev–Trinajstić information content (AvgIpc) is 1.59. The standard InChI is InChI=1S/C68H43N7.C50H32N6/c1-4-16-44(17-5-1)66-70-67(72-68(71-66)50-19-15-37-69-43-50)49-18-14-24-53(38-49)75-64-35-31-47(45-29-33-62-56(39-45)54-25-10-12-27-60(54)73(62)51-20-6-2-7-21-51)41-58(64)59-42-48(32-36-65(59)75)46-30-34-63-57(40-46)55-26-11-13-28-61(55)74(63)52-22-8-3-9-23-52;1-3-13-33(14-4-1)48-52-49(54-50(53-48)37-16-12-28-51-32-37)36-15-11-19-39(29-36)56-45-23-10-8-21-41(45)43-31-35(25-27-47(43)56)34-24-26-46-42(30-34)40-20-7-9-22-44(40)55(46)38-17-5-2-6-18-38/h1-43H;1-32H. The maximum Gasteiger partial charge on any atom is 0.165 e. The lowest BCUT2D eigenvalue weighted by Crippen LogP contribution is -2.01. The Bertz CT molecular complexity index is 8620. The zero-order valence-corrected chi connectivity index (χ0v) is 70.6. The fraction of sp³-hybridized carbons (Fsp3) is 0. The largest absolute Gasteiger partial charge is 0.309 e. The molecule has 0 saturated carbocycles. The fourth-order valence-corrected chi connectivity index (χ4v) is 19.4. The molecular weight excluding hydrogens is 1600 g/mol. The molecule has 26 rings (SSSR count). The molecule has 131 heavy (non-hydrogen) atoms. The van der Waals surface area contributed by atoms with Gasteiger partial charge in [-0.3, -0.25) is 9.97 Å². The Kier molecular flexibility index (Phi) is 18.2. The van der Waals surface area contributed by atoms with E-state index in [1.165, 1.54) is 87.3 Å². The minimum Gasteiger partial charge on any atom is -0.309 e. The van der Waals surface area contributed by atoms with Crippen LogP contribution in [0.3, 0.4) is 0 Å². The summed E-state index contributed by atoms with van der Waals surface area (Å²) in [4.78, 5) is 38.7. The van der Waals surface area contributed by atoms with Gasteiger partial charge in [-0.05, 0) is 215 Å². The SMILES string of the molecule is c1ccc(-c2nc(-c3cccnc3)nc(-c3cccc(-n4c5ccc(-c6ccc7c(c6)c6ccccc6n7-c6ccccc6)cc5c5cc(-c6ccc7c(c6)c6ccccc6n7-c6ccccc6)ccc54)c3)n2)cc1.c1ccc(-c2nc(-c3cccnc3)nc(-c3cccc(-n4c5ccccc5c5cc(-c6ccc7c(c6)c6ccccc6n7-c6ccccc6)ccc54)c3)n2)cc1. The second kappa shape index (κ2) is 31.6. The van der Waals surface area contributed by atoms with E-state index in [0.717, 1.165) is 117 Å². The number of hydrogen-bond donors (Lipinski definition) is 0. The first-order chi connectivity index (χ1) is 64.9. The quantitative estimate of drug-likeness (QED) is 0.105. The number of rotatable bonds is 14. The molecule has 9 heterocycles. The number of benzene rings is 17. The highest BCUT2D eigenvalue weighted by Crippen LogP contribution is 2.45. The van der Waals surface area contributed by atoms with Gasteiger partial charge in [0.1, 0.15) is 0 Å². The van der Waals surface area contributed by atoms with E-state index < -0.39 is 0 Å². The monoisotopic (exact) mass is 1670 g/mol. The van der Waals surface area contributed by atoms with Gasteiger partial charge in [0.25, 0.3) is 0 Å². The van der Waals surface area contributed by atoms with E-state index in [2.05, 4.69) is 379 Å². The molecule has 0 aliphatic carbocycles. The lowest BCUT2D eigenvalue weighted by Gasteiger charge is -2.12. The molecular formula is C118H75N13. The second-order valence-electron chi connectivity index (χ2n) is 33.1. The minimum atomic E-state index is 0.569. The van der Waals surface area contributed by atoms with Crippen LogP contribution in [-0.2, 0) is 0 Å². The van der Waals surface area contributed by atoms with E-state index in [0.29, 0.717) is 34.9 Å². The van der Waals surface area contributed by atoms with E-state index in [4.69, 9.17) is 29.9 Å². The van der Waals surface area contributed by atoms with Gasteiger partial charge in [-0.1, -0.05) is 249 Å². The van der Waals surface area contributed by atoms with Gasteiger partial charge in [0.2, 0.25) is 0 Å². The molecule has 0 spiro atoms. The molecule has 0 radical (unpaired) electrons. The van der Waals surface area contributed by atoms with E-state index in [1.807, 2.05) is 84.9 Å². The predicted molar refractivity (Wildman–Crippen MR) is 536 cm³/mol. The van der Waals surface area contributed by atoms with Crippen LogP contribution in [0.2, 0.25) is 0 Å². The third-order valence-electron chi connectivity index (χ3n) is 25.4. The summed E-state index contributed by atoms with van der Waals surface area (Å²) in [6, 6.07) is 153. The van der Waals surface area contributed by atoms with Gasteiger partial charge in [-0.15, -0.1) is 0 Å². The first-order valence-corrected chi connectivity index (χ1v) is 44.0. The van der Waals surface area contributed by atoms with Crippen molar-refractivity contribution in [2.24, 2.45) is 0 Å². The van der Waals surface area contributed by atoms with Crippen molar-refractivity contribution < 1.29 is 0 Å². The molecule has 0 aliphatic heterocycles. The topological polar surface area (TPSA) is 128 Å². The molecule has 0 aliphatic rings. The summed E-state index contributed by atoms with van der Waals surface area (Å²) in [5.41, 5.74) is 29.3. The molecule has 0 amide bonds. The van der Waals surface area contributed by atoms with Gasteiger partial charge < -0.3 is 22.8 Å². The van der Waals surface area contributed by atoms with Crippen LogP contribution < -0.4 is 0 Å². The van der Waals surface area contributed by atoms with Gasteiger partial charge in [0.15, 0.2) is 34.9 Å². The third kappa shape index (κ3) is 13.3. The molecule has 612 valence electrons. The Balaban J connectivity index is 0.000000147. The lowest BCUT2D eigenvalue weighted by molar-refractivity contribution is 1.07. The summed E-state index contributed by atoms with van der Waals surface area (Å²) >= 11 is 0. The summed E-state index contributed by atoms with van der Waals surface area (Å²) in [7, 11) is 0. The van der Waals surface area contributed by atoms with E-state index in [1.54, 1.807) is 24.8 Å². The molecule has 0 atom stereocenters. The van der Waals surface area contributed by atoms with E-state index in [9.17, 15) is 0 Å². The molecule has 13 nitrogen and oxygen atoms in total.